The Hall–Kier alpha value is -2.98. The van der Waals surface area contributed by atoms with Crippen molar-refractivity contribution in [2.45, 2.75) is 44.8 Å². The minimum absolute atomic E-state index is 0.0706. The van der Waals surface area contributed by atoms with Gasteiger partial charge in [-0.1, -0.05) is 18.2 Å². The van der Waals surface area contributed by atoms with Crippen LogP contribution in [0.25, 0.3) is 11.0 Å². The number of benzene rings is 1. The van der Waals surface area contributed by atoms with Gasteiger partial charge in [-0.3, -0.25) is 9.36 Å². The summed E-state index contributed by atoms with van der Waals surface area (Å²) in [6.45, 7) is 4.59. The average Bonchev–Trinajstić information content (AvgIpc) is 2.78. The van der Waals surface area contributed by atoms with Gasteiger partial charge in [0.1, 0.15) is 23.1 Å². The summed E-state index contributed by atoms with van der Waals surface area (Å²) in [5.74, 6) is -0.267. The van der Waals surface area contributed by atoms with Crippen molar-refractivity contribution in [3.63, 3.8) is 0 Å². The number of fused-ring (bicyclic) bond motifs is 1. The van der Waals surface area contributed by atoms with Crippen LogP contribution in [-0.4, -0.2) is 44.7 Å². The number of halogens is 3. The highest BCUT2D eigenvalue weighted by Crippen LogP contribution is 2.34. The van der Waals surface area contributed by atoms with Crippen LogP contribution < -0.4 is 10.9 Å². The first-order valence-corrected chi connectivity index (χ1v) is 11.1. The van der Waals surface area contributed by atoms with Gasteiger partial charge in [0, 0.05) is 31.3 Å². The molecule has 2 N–H and O–H groups in total. The Morgan fingerprint density at radius 1 is 1.15 bits per heavy atom. The van der Waals surface area contributed by atoms with E-state index in [-0.39, 0.29) is 16.7 Å². The summed E-state index contributed by atoms with van der Waals surface area (Å²) < 4.78 is 42.5. The van der Waals surface area contributed by atoms with E-state index in [0.29, 0.717) is 48.6 Å². The second-order valence-electron chi connectivity index (χ2n) is 9.03. The van der Waals surface area contributed by atoms with Crippen LogP contribution in [0.1, 0.15) is 54.7 Å². The molecule has 1 fully saturated rings. The molecule has 3 heterocycles. The molecule has 0 aliphatic carbocycles. The van der Waals surface area contributed by atoms with Gasteiger partial charge in [-0.25, -0.2) is 23.1 Å². The molecule has 0 saturated carbocycles. The van der Waals surface area contributed by atoms with E-state index >= 15 is 0 Å². The normalized spacial score (nSPS) is 17.3. The number of aryl methyl sites for hydroxylation is 2. The van der Waals surface area contributed by atoms with Gasteiger partial charge in [-0.2, -0.15) is 0 Å². The average molecular weight is 476 g/mol. The van der Waals surface area contributed by atoms with Crippen molar-refractivity contribution in [2.24, 2.45) is 7.05 Å². The smallest absolute Gasteiger partial charge is 0.266 e. The van der Waals surface area contributed by atoms with E-state index in [0.717, 1.165) is 6.07 Å². The van der Waals surface area contributed by atoms with Gasteiger partial charge in [-0.15, -0.1) is 0 Å². The van der Waals surface area contributed by atoms with Crippen molar-refractivity contribution in [3.8, 4) is 0 Å². The van der Waals surface area contributed by atoms with E-state index in [1.54, 1.807) is 27.0 Å². The molecule has 7 nitrogen and oxygen atoms in total. The maximum atomic E-state index is 14.7. The largest absolute Gasteiger partial charge is 0.385 e. The third-order valence-corrected chi connectivity index (χ3v) is 6.61. The first-order chi connectivity index (χ1) is 16.0. The number of hydrogen-bond acceptors (Lipinski definition) is 6. The van der Waals surface area contributed by atoms with Crippen molar-refractivity contribution in [2.75, 3.05) is 25.5 Å². The fourth-order valence-electron chi connectivity index (χ4n) is 4.49. The van der Waals surface area contributed by atoms with Gasteiger partial charge < -0.3 is 15.3 Å². The van der Waals surface area contributed by atoms with E-state index < -0.39 is 29.4 Å². The van der Waals surface area contributed by atoms with Crippen LogP contribution in [0.15, 0.2) is 29.1 Å². The number of aliphatic hydroxyl groups is 1. The third-order valence-electron chi connectivity index (χ3n) is 6.61. The number of likely N-dealkylation sites (tertiary alicyclic amines) is 1. The molecular weight excluding hydrogens is 447 g/mol. The molecule has 2 aromatic heterocycles. The Bertz CT molecular complexity index is 1290. The van der Waals surface area contributed by atoms with Crippen molar-refractivity contribution in [1.29, 1.82) is 0 Å². The maximum Gasteiger partial charge on any atom is 0.266 e. The first-order valence-electron chi connectivity index (χ1n) is 11.1. The minimum Gasteiger partial charge on any atom is -0.385 e. The predicted octanol–water partition coefficient (Wildman–Crippen LogP) is 3.80. The Kier molecular flexibility index (Phi) is 6.39. The van der Waals surface area contributed by atoms with E-state index in [9.17, 15) is 23.1 Å². The summed E-state index contributed by atoms with van der Waals surface area (Å²) in [5.41, 5.74) is -1.61. The minimum atomic E-state index is -2.93. The fraction of sp³-hybridized carbons (Fsp3) is 0.458. The summed E-state index contributed by atoms with van der Waals surface area (Å²) >= 11 is 0. The van der Waals surface area contributed by atoms with Crippen molar-refractivity contribution < 1.29 is 18.3 Å². The molecule has 1 saturated heterocycles. The number of anilines is 1. The number of pyridine rings is 1. The van der Waals surface area contributed by atoms with Gasteiger partial charge in [0.15, 0.2) is 0 Å². The standard InChI is InChI=1S/C24H28F3N5O2/c1-13(15-6-5-7-16(19(15)25)20(26)27)28-21-17-12-18(24(34)8-10-31(3)11-9-24)23(33)32(4)22(17)30-14(2)29-21/h5-7,12-13,20,34H,8-11H2,1-4H3,(H,28,29,30)/t13-/m1/s1. The van der Waals surface area contributed by atoms with Crippen LogP contribution in [0.3, 0.4) is 0 Å². The van der Waals surface area contributed by atoms with Crippen LogP contribution in [0.5, 0.6) is 0 Å². The molecular formula is C24H28F3N5O2. The third kappa shape index (κ3) is 4.27. The highest BCUT2D eigenvalue weighted by atomic mass is 19.3. The molecule has 34 heavy (non-hydrogen) atoms. The van der Waals surface area contributed by atoms with Crippen molar-refractivity contribution in [3.05, 3.63) is 63.0 Å². The van der Waals surface area contributed by atoms with Gasteiger partial charge in [0.25, 0.3) is 12.0 Å². The van der Waals surface area contributed by atoms with Gasteiger partial charge in [0.2, 0.25) is 0 Å². The molecule has 0 bridgehead atoms. The molecule has 1 atom stereocenters. The van der Waals surface area contributed by atoms with Crippen molar-refractivity contribution >= 4 is 16.9 Å². The lowest BCUT2D eigenvalue weighted by molar-refractivity contribution is -0.0215. The number of nitrogens with one attached hydrogen (secondary N) is 1. The van der Waals surface area contributed by atoms with Crippen LogP contribution >= 0.6 is 0 Å². The van der Waals surface area contributed by atoms with Crippen LogP contribution in [0.2, 0.25) is 0 Å². The quantitative estimate of drug-likeness (QED) is 0.584. The molecule has 1 aromatic carbocycles. The van der Waals surface area contributed by atoms with E-state index in [1.165, 1.54) is 16.7 Å². The lowest BCUT2D eigenvalue weighted by Crippen LogP contribution is -2.44. The number of aromatic nitrogens is 3. The highest BCUT2D eigenvalue weighted by Gasteiger charge is 2.36. The molecule has 10 heteroatoms. The molecule has 1 aliphatic rings. The molecule has 1 aliphatic heterocycles. The molecule has 182 valence electrons. The summed E-state index contributed by atoms with van der Waals surface area (Å²) in [4.78, 5) is 24.1. The summed E-state index contributed by atoms with van der Waals surface area (Å²) in [7, 11) is 3.54. The first kappa shape index (κ1) is 24.2. The predicted molar refractivity (Wildman–Crippen MR) is 124 cm³/mol. The Labute approximate surface area is 195 Å². The lowest BCUT2D eigenvalue weighted by Gasteiger charge is -2.36. The zero-order valence-electron chi connectivity index (χ0n) is 19.6. The number of hydrogen-bond donors (Lipinski definition) is 2. The zero-order valence-corrected chi connectivity index (χ0v) is 19.6. The molecule has 0 radical (unpaired) electrons. The second kappa shape index (κ2) is 8.99. The number of rotatable bonds is 5. The second-order valence-corrected chi connectivity index (χ2v) is 9.03. The molecule has 4 rings (SSSR count). The van der Waals surface area contributed by atoms with Crippen LogP contribution in [0, 0.1) is 12.7 Å². The number of alkyl halides is 2. The van der Waals surface area contributed by atoms with E-state index in [4.69, 9.17) is 0 Å². The summed E-state index contributed by atoms with van der Waals surface area (Å²) in [6, 6.07) is 4.79. The molecule has 0 spiro atoms. The molecule has 0 unspecified atom stereocenters. The Balaban J connectivity index is 1.82. The van der Waals surface area contributed by atoms with Gasteiger partial charge in [-0.05, 0) is 39.8 Å². The van der Waals surface area contributed by atoms with Crippen LogP contribution in [-0.2, 0) is 12.6 Å². The van der Waals surface area contributed by atoms with Gasteiger partial charge in [0.05, 0.1) is 22.6 Å². The summed E-state index contributed by atoms with van der Waals surface area (Å²) in [5, 5.41) is 14.9. The summed E-state index contributed by atoms with van der Waals surface area (Å²) in [6.07, 6.45) is -2.12. The highest BCUT2D eigenvalue weighted by molar-refractivity contribution is 5.87. The maximum absolute atomic E-state index is 14.7. The lowest BCUT2D eigenvalue weighted by atomic mass is 9.85. The van der Waals surface area contributed by atoms with Gasteiger partial charge >= 0.3 is 0 Å². The SMILES string of the molecule is Cc1nc(N[C@H](C)c2cccc(C(F)F)c2F)c2cc(C3(O)CCN(C)CC3)c(=O)n(C)c2n1. The monoisotopic (exact) mass is 475 g/mol. The van der Waals surface area contributed by atoms with E-state index in [2.05, 4.69) is 20.2 Å². The molecule has 0 amide bonds. The Morgan fingerprint density at radius 2 is 1.79 bits per heavy atom. The topological polar surface area (TPSA) is 83.3 Å². The number of nitrogens with zero attached hydrogens (tertiary/aromatic N) is 4. The zero-order chi connectivity index (χ0) is 24.8. The van der Waals surface area contributed by atoms with Crippen LogP contribution in [0.4, 0.5) is 19.0 Å². The Morgan fingerprint density at radius 3 is 2.44 bits per heavy atom. The number of piperidine rings is 1. The molecule has 3 aromatic rings. The van der Waals surface area contributed by atoms with E-state index in [1.807, 2.05) is 7.05 Å². The fourth-order valence-corrected chi connectivity index (χ4v) is 4.49. The van der Waals surface area contributed by atoms with Crippen molar-refractivity contribution in [1.82, 2.24) is 19.4 Å².